The molecular weight excluding hydrogens is 304 g/mol. The lowest BCUT2D eigenvalue weighted by Gasteiger charge is -2.13. The number of rotatable bonds is 7. The number of carbonyl (C=O) groups is 1. The standard InChI is InChI=1S/C11H14N2O7S/c1-3-8(11(14)15)12-21(18,19)10-5-4-7(20-2)6-9(10)13(16)17/h4-6,8,12H,3H2,1-2H3,(H,14,15). The van der Waals surface area contributed by atoms with Gasteiger partial charge in [0.15, 0.2) is 4.90 Å². The minimum Gasteiger partial charge on any atom is -0.497 e. The van der Waals surface area contributed by atoms with E-state index in [-0.39, 0.29) is 12.2 Å². The second-order valence-electron chi connectivity index (χ2n) is 4.01. The molecule has 1 rings (SSSR count). The van der Waals surface area contributed by atoms with Crippen LogP contribution >= 0.6 is 0 Å². The molecule has 0 saturated heterocycles. The summed E-state index contributed by atoms with van der Waals surface area (Å²) in [5, 5.41) is 19.8. The Hall–Kier alpha value is -2.20. The second kappa shape index (κ2) is 6.50. The fraction of sp³-hybridized carbons (Fsp3) is 0.364. The van der Waals surface area contributed by atoms with Crippen LogP contribution in [0.3, 0.4) is 0 Å². The van der Waals surface area contributed by atoms with E-state index in [1.807, 2.05) is 4.72 Å². The van der Waals surface area contributed by atoms with Gasteiger partial charge in [0.05, 0.1) is 18.1 Å². The van der Waals surface area contributed by atoms with Crippen molar-refractivity contribution in [2.24, 2.45) is 0 Å². The average Bonchev–Trinajstić information content (AvgIpc) is 2.43. The molecule has 0 amide bonds. The molecule has 0 aromatic heterocycles. The quantitative estimate of drug-likeness (QED) is 0.559. The normalized spacial score (nSPS) is 12.7. The van der Waals surface area contributed by atoms with E-state index in [9.17, 15) is 23.3 Å². The SMILES string of the molecule is CCC(NS(=O)(=O)c1ccc(OC)cc1[N+](=O)[O-])C(=O)O. The summed E-state index contributed by atoms with van der Waals surface area (Å²) in [5.74, 6) is -1.25. The van der Waals surface area contributed by atoms with Gasteiger partial charge < -0.3 is 9.84 Å². The van der Waals surface area contributed by atoms with Gasteiger partial charge in [0.2, 0.25) is 10.0 Å². The molecule has 2 N–H and O–H groups in total. The summed E-state index contributed by atoms with van der Waals surface area (Å²) in [4.78, 5) is 20.4. The van der Waals surface area contributed by atoms with Crippen LogP contribution in [-0.4, -0.2) is 37.6 Å². The number of aliphatic carboxylic acids is 1. The molecule has 116 valence electrons. The van der Waals surface area contributed by atoms with Crippen LogP contribution in [0.4, 0.5) is 5.69 Å². The van der Waals surface area contributed by atoms with Crippen LogP contribution in [0.5, 0.6) is 5.75 Å². The van der Waals surface area contributed by atoms with E-state index in [4.69, 9.17) is 9.84 Å². The number of sulfonamides is 1. The number of nitro benzene ring substituents is 1. The number of hydrogen-bond acceptors (Lipinski definition) is 6. The first-order valence-electron chi connectivity index (χ1n) is 5.80. The van der Waals surface area contributed by atoms with Crippen LogP contribution < -0.4 is 9.46 Å². The van der Waals surface area contributed by atoms with E-state index in [2.05, 4.69) is 0 Å². The lowest BCUT2D eigenvalue weighted by molar-refractivity contribution is -0.387. The maximum Gasteiger partial charge on any atom is 0.321 e. The summed E-state index contributed by atoms with van der Waals surface area (Å²) in [7, 11) is -3.06. The van der Waals surface area contributed by atoms with Crippen molar-refractivity contribution in [3.63, 3.8) is 0 Å². The summed E-state index contributed by atoms with van der Waals surface area (Å²) in [6, 6.07) is 1.82. The first kappa shape index (κ1) is 16.9. The minimum absolute atomic E-state index is 0.00147. The molecule has 1 aromatic rings. The van der Waals surface area contributed by atoms with Gasteiger partial charge in [-0.05, 0) is 18.6 Å². The van der Waals surface area contributed by atoms with Gasteiger partial charge in [-0.25, -0.2) is 8.42 Å². The number of methoxy groups -OCH3 is 1. The molecule has 0 saturated carbocycles. The molecule has 21 heavy (non-hydrogen) atoms. The lowest BCUT2D eigenvalue weighted by Crippen LogP contribution is -2.40. The molecule has 0 fully saturated rings. The van der Waals surface area contributed by atoms with E-state index in [0.717, 1.165) is 12.1 Å². The Morgan fingerprint density at radius 1 is 1.52 bits per heavy atom. The zero-order chi connectivity index (χ0) is 16.2. The van der Waals surface area contributed by atoms with Gasteiger partial charge in [0, 0.05) is 0 Å². The molecular formula is C11H14N2O7S. The van der Waals surface area contributed by atoms with E-state index in [1.165, 1.54) is 20.1 Å². The summed E-state index contributed by atoms with van der Waals surface area (Å²) < 4.78 is 30.9. The topological polar surface area (TPSA) is 136 Å². The predicted octanol–water partition coefficient (Wildman–Crippen LogP) is 0.745. The summed E-state index contributed by atoms with van der Waals surface area (Å²) >= 11 is 0. The van der Waals surface area contributed by atoms with Crippen LogP contribution in [0.25, 0.3) is 0 Å². The smallest absolute Gasteiger partial charge is 0.321 e. The number of nitrogens with one attached hydrogen (secondary N) is 1. The lowest BCUT2D eigenvalue weighted by atomic mass is 10.2. The van der Waals surface area contributed by atoms with Gasteiger partial charge in [-0.1, -0.05) is 6.92 Å². The van der Waals surface area contributed by atoms with Crippen molar-refractivity contribution in [2.75, 3.05) is 7.11 Å². The van der Waals surface area contributed by atoms with Crippen molar-refractivity contribution < 1.29 is 28.0 Å². The van der Waals surface area contributed by atoms with Crippen molar-refractivity contribution in [1.82, 2.24) is 4.72 Å². The predicted molar refractivity (Wildman–Crippen MR) is 71.7 cm³/mol. The Morgan fingerprint density at radius 2 is 2.14 bits per heavy atom. The second-order valence-corrected chi connectivity index (χ2v) is 5.69. The van der Waals surface area contributed by atoms with Gasteiger partial charge in [0.25, 0.3) is 5.69 Å². The molecule has 9 nitrogen and oxygen atoms in total. The van der Waals surface area contributed by atoms with Crippen LogP contribution in [0.15, 0.2) is 23.1 Å². The van der Waals surface area contributed by atoms with Crippen molar-refractivity contribution in [3.05, 3.63) is 28.3 Å². The Bertz CT molecular complexity index is 657. The Kier molecular flexibility index (Phi) is 5.22. The highest BCUT2D eigenvalue weighted by molar-refractivity contribution is 7.89. The summed E-state index contributed by atoms with van der Waals surface area (Å²) in [5.41, 5.74) is -0.693. The maximum atomic E-state index is 12.1. The van der Waals surface area contributed by atoms with Crippen molar-refractivity contribution in [1.29, 1.82) is 0 Å². The van der Waals surface area contributed by atoms with Gasteiger partial charge in [-0.15, -0.1) is 0 Å². The highest BCUT2D eigenvalue weighted by atomic mass is 32.2. The number of hydrogen-bond donors (Lipinski definition) is 2. The van der Waals surface area contributed by atoms with Crippen LogP contribution in [0.2, 0.25) is 0 Å². The highest BCUT2D eigenvalue weighted by Gasteiger charge is 2.30. The van der Waals surface area contributed by atoms with Crippen molar-refractivity contribution >= 4 is 21.7 Å². The molecule has 0 bridgehead atoms. The maximum absolute atomic E-state index is 12.1. The molecule has 0 heterocycles. The largest absolute Gasteiger partial charge is 0.497 e. The fourth-order valence-corrected chi connectivity index (χ4v) is 2.98. The van der Waals surface area contributed by atoms with Gasteiger partial charge >= 0.3 is 5.97 Å². The number of carboxylic acid groups (broad SMARTS) is 1. The summed E-state index contributed by atoms with van der Waals surface area (Å²) in [6.07, 6.45) is -0.00147. The Morgan fingerprint density at radius 3 is 2.57 bits per heavy atom. The fourth-order valence-electron chi connectivity index (χ4n) is 1.55. The highest BCUT2D eigenvalue weighted by Crippen LogP contribution is 2.28. The number of nitro groups is 1. The third-order valence-corrected chi connectivity index (χ3v) is 4.18. The third kappa shape index (κ3) is 3.89. The first-order chi connectivity index (χ1) is 9.72. The molecule has 0 spiro atoms. The van der Waals surface area contributed by atoms with E-state index in [1.54, 1.807) is 0 Å². The minimum atomic E-state index is -4.35. The van der Waals surface area contributed by atoms with Crippen molar-refractivity contribution in [2.45, 2.75) is 24.3 Å². The van der Waals surface area contributed by atoms with E-state index < -0.39 is 37.5 Å². The monoisotopic (exact) mass is 318 g/mol. The number of nitrogens with zero attached hydrogens (tertiary/aromatic N) is 1. The molecule has 0 radical (unpaired) electrons. The van der Waals surface area contributed by atoms with Gasteiger partial charge in [0.1, 0.15) is 11.8 Å². The molecule has 0 aliphatic rings. The zero-order valence-corrected chi connectivity index (χ0v) is 12.1. The van der Waals surface area contributed by atoms with Gasteiger partial charge in [-0.3, -0.25) is 14.9 Å². The Balaban J connectivity index is 3.31. The van der Waals surface area contributed by atoms with E-state index >= 15 is 0 Å². The first-order valence-corrected chi connectivity index (χ1v) is 7.28. The number of carboxylic acids is 1. The van der Waals surface area contributed by atoms with Crippen LogP contribution in [0.1, 0.15) is 13.3 Å². The van der Waals surface area contributed by atoms with Crippen LogP contribution in [0, 0.1) is 10.1 Å². The molecule has 1 aromatic carbocycles. The molecule has 1 atom stereocenters. The summed E-state index contributed by atoms with van der Waals surface area (Å²) in [6.45, 7) is 1.48. The molecule has 0 aliphatic heterocycles. The van der Waals surface area contributed by atoms with E-state index in [0.29, 0.717) is 0 Å². The third-order valence-electron chi connectivity index (χ3n) is 2.66. The van der Waals surface area contributed by atoms with Crippen molar-refractivity contribution in [3.8, 4) is 5.75 Å². The van der Waals surface area contributed by atoms with Gasteiger partial charge in [-0.2, -0.15) is 4.72 Å². The Labute approximate surface area is 120 Å². The molecule has 10 heteroatoms. The zero-order valence-electron chi connectivity index (χ0n) is 11.3. The van der Waals surface area contributed by atoms with Crippen LogP contribution in [-0.2, 0) is 14.8 Å². The number of ether oxygens (including phenoxy) is 1. The molecule has 0 aliphatic carbocycles. The average molecular weight is 318 g/mol. The number of benzene rings is 1. The molecule has 1 unspecified atom stereocenters.